The zero-order chi connectivity index (χ0) is 23.1. The smallest absolute Gasteiger partial charge is 0.300 e. The van der Waals surface area contributed by atoms with E-state index in [1.807, 2.05) is 55.6 Å². The summed E-state index contributed by atoms with van der Waals surface area (Å²) >= 11 is 1.49. The second kappa shape index (κ2) is 10.6. The van der Waals surface area contributed by atoms with E-state index in [4.69, 9.17) is 9.90 Å². The number of anilines is 1. The Labute approximate surface area is 191 Å². The first-order chi connectivity index (χ1) is 15.4. The van der Waals surface area contributed by atoms with Gasteiger partial charge in [-0.05, 0) is 54.8 Å². The minimum atomic E-state index is -0.833. The van der Waals surface area contributed by atoms with Gasteiger partial charge in [0, 0.05) is 24.2 Å². The molecule has 2 N–H and O–H groups in total. The molecule has 7 heteroatoms. The number of hydrogen-bond donors (Lipinski definition) is 2. The number of nitrogens with zero attached hydrogens (tertiary/aromatic N) is 2. The first-order valence-corrected chi connectivity index (χ1v) is 11.1. The second-order valence-electron chi connectivity index (χ2n) is 7.34. The Hall–Kier alpha value is -3.58. The van der Waals surface area contributed by atoms with Gasteiger partial charge in [-0.1, -0.05) is 48.9 Å². The van der Waals surface area contributed by atoms with Crippen LogP contribution < -0.4 is 5.32 Å². The van der Waals surface area contributed by atoms with E-state index in [1.165, 1.54) is 22.5 Å². The standard InChI is InChI=1S/C23H21N3OS.C2H4O2/c1-3-4-16-6-12-19(24-14-16)17-7-9-18(10-8-17)22(27)26-23-25-20-11-5-15(2)13-21(20)28-23;1-2(3)4/h5-14H,3-4H2,1-2H3,(H,25,26,27);1H3,(H,3,4). The van der Waals surface area contributed by atoms with Crippen LogP contribution in [-0.4, -0.2) is 27.0 Å². The van der Waals surface area contributed by atoms with E-state index in [0.717, 1.165) is 41.2 Å². The van der Waals surface area contributed by atoms with Gasteiger partial charge in [0.2, 0.25) is 0 Å². The maximum atomic E-state index is 12.6. The molecule has 6 nitrogen and oxygen atoms in total. The highest BCUT2D eigenvalue weighted by Gasteiger charge is 2.11. The molecule has 0 saturated carbocycles. The number of nitrogens with one attached hydrogen (secondary N) is 1. The average Bonchev–Trinajstić information content (AvgIpc) is 3.15. The van der Waals surface area contributed by atoms with Crippen molar-refractivity contribution in [1.29, 1.82) is 0 Å². The highest BCUT2D eigenvalue weighted by Crippen LogP contribution is 2.27. The fourth-order valence-electron chi connectivity index (χ4n) is 3.08. The molecule has 2 heterocycles. The number of carboxylic acid groups (broad SMARTS) is 1. The maximum absolute atomic E-state index is 12.6. The molecule has 0 aliphatic heterocycles. The Kier molecular flexibility index (Phi) is 7.68. The van der Waals surface area contributed by atoms with Gasteiger partial charge in [0.05, 0.1) is 15.9 Å². The first kappa shape index (κ1) is 23.1. The number of aromatic nitrogens is 2. The van der Waals surface area contributed by atoms with E-state index in [9.17, 15) is 4.79 Å². The Morgan fingerprint density at radius 3 is 2.41 bits per heavy atom. The summed E-state index contributed by atoms with van der Waals surface area (Å²) in [5, 5.41) is 10.9. The molecule has 0 atom stereocenters. The van der Waals surface area contributed by atoms with Crippen molar-refractivity contribution in [2.45, 2.75) is 33.6 Å². The van der Waals surface area contributed by atoms with Gasteiger partial charge < -0.3 is 5.11 Å². The fourth-order valence-corrected chi connectivity index (χ4v) is 4.04. The predicted molar refractivity (Wildman–Crippen MR) is 129 cm³/mol. The number of rotatable bonds is 5. The molecule has 4 rings (SSSR count). The van der Waals surface area contributed by atoms with Crippen molar-refractivity contribution in [3.8, 4) is 11.3 Å². The lowest BCUT2D eigenvalue weighted by Gasteiger charge is -2.05. The van der Waals surface area contributed by atoms with Crippen LogP contribution in [0.2, 0.25) is 0 Å². The topological polar surface area (TPSA) is 92.2 Å². The summed E-state index contributed by atoms with van der Waals surface area (Å²) in [6.45, 7) is 5.29. The van der Waals surface area contributed by atoms with Crippen molar-refractivity contribution >= 4 is 38.6 Å². The Bertz CT molecular complexity index is 1210. The molecule has 0 unspecified atom stereocenters. The van der Waals surface area contributed by atoms with Crippen LogP contribution in [0.4, 0.5) is 5.13 Å². The summed E-state index contributed by atoms with van der Waals surface area (Å²) in [6.07, 6.45) is 4.07. The number of pyridine rings is 1. The van der Waals surface area contributed by atoms with Gasteiger partial charge in [0.15, 0.2) is 5.13 Å². The second-order valence-corrected chi connectivity index (χ2v) is 8.37. The Balaban J connectivity index is 0.000000668. The third-order valence-corrected chi connectivity index (χ3v) is 5.50. The van der Waals surface area contributed by atoms with Crippen molar-refractivity contribution in [2.75, 3.05) is 5.32 Å². The van der Waals surface area contributed by atoms with E-state index < -0.39 is 5.97 Å². The number of amides is 1. The lowest BCUT2D eigenvalue weighted by Crippen LogP contribution is -2.11. The van der Waals surface area contributed by atoms with E-state index in [0.29, 0.717) is 10.7 Å². The van der Waals surface area contributed by atoms with Crippen LogP contribution in [0.1, 0.15) is 41.8 Å². The lowest BCUT2D eigenvalue weighted by molar-refractivity contribution is -0.134. The minimum absolute atomic E-state index is 0.159. The van der Waals surface area contributed by atoms with Gasteiger partial charge in [-0.15, -0.1) is 0 Å². The average molecular weight is 448 g/mol. The Morgan fingerprint density at radius 1 is 1.06 bits per heavy atom. The van der Waals surface area contributed by atoms with Crippen LogP contribution in [0, 0.1) is 6.92 Å². The predicted octanol–water partition coefficient (Wildman–Crippen LogP) is 5.96. The molecule has 164 valence electrons. The van der Waals surface area contributed by atoms with Crippen molar-refractivity contribution in [2.24, 2.45) is 0 Å². The number of carbonyl (C=O) groups excluding carboxylic acids is 1. The molecule has 0 saturated heterocycles. The normalized spacial score (nSPS) is 10.3. The number of carboxylic acids is 1. The SMILES string of the molecule is CC(=O)O.CCCc1ccc(-c2ccc(C(=O)Nc3nc4ccc(C)cc4s3)cc2)nc1. The molecule has 2 aromatic heterocycles. The summed E-state index contributed by atoms with van der Waals surface area (Å²) in [5.74, 6) is -0.992. The highest BCUT2D eigenvalue weighted by atomic mass is 32.1. The van der Waals surface area contributed by atoms with Crippen LogP contribution >= 0.6 is 11.3 Å². The van der Waals surface area contributed by atoms with Gasteiger partial charge in [0.1, 0.15) is 0 Å². The molecule has 2 aromatic carbocycles. The van der Waals surface area contributed by atoms with Crippen molar-refractivity contribution in [3.05, 3.63) is 77.5 Å². The molecule has 0 radical (unpaired) electrons. The minimum Gasteiger partial charge on any atom is -0.481 e. The van der Waals surface area contributed by atoms with Gasteiger partial charge in [-0.3, -0.25) is 19.9 Å². The van der Waals surface area contributed by atoms with Crippen molar-refractivity contribution < 1.29 is 14.7 Å². The third kappa shape index (κ3) is 6.21. The zero-order valence-corrected chi connectivity index (χ0v) is 19.1. The van der Waals surface area contributed by atoms with Crippen LogP contribution in [0.15, 0.2) is 60.8 Å². The molecular formula is C25H25N3O3S. The quantitative estimate of drug-likeness (QED) is 0.394. The van der Waals surface area contributed by atoms with E-state index in [2.05, 4.69) is 34.3 Å². The molecule has 0 aliphatic carbocycles. The molecule has 0 fully saturated rings. The number of hydrogen-bond acceptors (Lipinski definition) is 5. The number of benzene rings is 2. The van der Waals surface area contributed by atoms with Crippen molar-refractivity contribution in [1.82, 2.24) is 9.97 Å². The van der Waals surface area contributed by atoms with Crippen LogP contribution in [0.3, 0.4) is 0 Å². The lowest BCUT2D eigenvalue weighted by atomic mass is 10.1. The summed E-state index contributed by atoms with van der Waals surface area (Å²) in [4.78, 5) is 30.6. The number of fused-ring (bicyclic) bond motifs is 1. The zero-order valence-electron chi connectivity index (χ0n) is 18.3. The molecule has 0 aliphatic rings. The summed E-state index contributed by atoms with van der Waals surface area (Å²) < 4.78 is 1.07. The summed E-state index contributed by atoms with van der Waals surface area (Å²) in [7, 11) is 0. The van der Waals surface area contributed by atoms with Gasteiger partial charge in [0.25, 0.3) is 11.9 Å². The molecular weight excluding hydrogens is 422 g/mol. The number of thiazole rings is 1. The van der Waals surface area contributed by atoms with Gasteiger partial charge in [-0.25, -0.2) is 4.98 Å². The van der Waals surface area contributed by atoms with E-state index in [-0.39, 0.29) is 5.91 Å². The largest absolute Gasteiger partial charge is 0.481 e. The summed E-state index contributed by atoms with van der Waals surface area (Å²) in [5.41, 5.74) is 5.83. The van der Waals surface area contributed by atoms with Gasteiger partial charge in [-0.2, -0.15) is 0 Å². The van der Waals surface area contributed by atoms with E-state index >= 15 is 0 Å². The molecule has 32 heavy (non-hydrogen) atoms. The number of carbonyl (C=O) groups is 2. The molecule has 1 amide bonds. The third-order valence-electron chi connectivity index (χ3n) is 4.57. The van der Waals surface area contributed by atoms with Crippen LogP contribution in [-0.2, 0) is 11.2 Å². The van der Waals surface area contributed by atoms with E-state index in [1.54, 1.807) is 0 Å². The monoisotopic (exact) mass is 447 g/mol. The highest BCUT2D eigenvalue weighted by molar-refractivity contribution is 7.22. The first-order valence-electron chi connectivity index (χ1n) is 10.3. The van der Waals surface area contributed by atoms with Crippen LogP contribution in [0.5, 0.6) is 0 Å². The fraction of sp³-hybridized carbons (Fsp3) is 0.200. The van der Waals surface area contributed by atoms with Crippen LogP contribution in [0.25, 0.3) is 21.5 Å². The maximum Gasteiger partial charge on any atom is 0.300 e. The molecule has 0 bridgehead atoms. The molecule has 0 spiro atoms. The number of aryl methyl sites for hydroxylation is 2. The Morgan fingerprint density at radius 2 is 1.78 bits per heavy atom. The molecule has 4 aromatic rings. The number of aliphatic carboxylic acids is 1. The van der Waals surface area contributed by atoms with Gasteiger partial charge >= 0.3 is 0 Å². The van der Waals surface area contributed by atoms with Crippen molar-refractivity contribution in [3.63, 3.8) is 0 Å². The summed E-state index contributed by atoms with van der Waals surface area (Å²) in [6, 6.07) is 17.7.